The molecule has 10 heteroatoms. The zero-order valence-electron chi connectivity index (χ0n) is 19.6. The normalized spacial score (nSPS) is 15.6. The summed E-state index contributed by atoms with van der Waals surface area (Å²) in [7, 11) is 0. The number of carboxylic acids is 1. The van der Waals surface area contributed by atoms with E-state index in [0.717, 1.165) is 5.56 Å². The number of carbonyl (C=O) groups is 4. The number of hydrogen-bond acceptors (Lipinski definition) is 6. The van der Waals surface area contributed by atoms with Crippen LogP contribution in [-0.2, 0) is 25.6 Å². The van der Waals surface area contributed by atoms with Gasteiger partial charge in [0.25, 0.3) is 0 Å². The zero-order chi connectivity index (χ0) is 25.1. The smallest absolute Gasteiger partial charge is 0.326 e. The third-order valence-corrected chi connectivity index (χ3v) is 5.89. The number of thiol groups is 1. The molecular formula is C23H36N4O5S. The Bertz CT molecular complexity index is 805. The van der Waals surface area contributed by atoms with Crippen molar-refractivity contribution in [2.45, 2.75) is 64.7 Å². The molecule has 1 rings (SSSR count). The van der Waals surface area contributed by atoms with Gasteiger partial charge in [-0.25, -0.2) is 4.79 Å². The Morgan fingerprint density at radius 1 is 0.939 bits per heavy atom. The first-order chi connectivity index (χ1) is 15.5. The average Bonchev–Trinajstić information content (AvgIpc) is 2.79. The topological polar surface area (TPSA) is 151 Å². The maximum Gasteiger partial charge on any atom is 0.326 e. The second kappa shape index (κ2) is 13.8. The van der Waals surface area contributed by atoms with E-state index in [9.17, 15) is 24.3 Å². The average molecular weight is 481 g/mol. The van der Waals surface area contributed by atoms with Crippen LogP contribution in [0.4, 0.5) is 0 Å². The van der Waals surface area contributed by atoms with Crippen LogP contribution < -0.4 is 21.7 Å². The number of nitrogens with two attached hydrogens (primary N) is 1. The number of carboxylic acid groups (broad SMARTS) is 1. The third-order valence-electron chi connectivity index (χ3n) is 5.53. The van der Waals surface area contributed by atoms with E-state index in [1.54, 1.807) is 38.1 Å². The first-order valence-corrected chi connectivity index (χ1v) is 11.7. The fourth-order valence-electron chi connectivity index (χ4n) is 3.03. The van der Waals surface area contributed by atoms with Gasteiger partial charge in [-0.15, -0.1) is 0 Å². The first kappa shape index (κ1) is 28.4. The predicted octanol–water partition coefficient (Wildman–Crippen LogP) is 0.727. The molecule has 3 amide bonds. The Morgan fingerprint density at radius 3 is 2.00 bits per heavy atom. The van der Waals surface area contributed by atoms with Gasteiger partial charge in [0.1, 0.15) is 18.1 Å². The number of carbonyl (C=O) groups excluding carboxylic acids is 3. The van der Waals surface area contributed by atoms with Gasteiger partial charge in [0.15, 0.2) is 0 Å². The van der Waals surface area contributed by atoms with Gasteiger partial charge in [0.2, 0.25) is 17.7 Å². The summed E-state index contributed by atoms with van der Waals surface area (Å²) >= 11 is 4.15. The van der Waals surface area contributed by atoms with Crippen LogP contribution in [0.3, 0.4) is 0 Å². The van der Waals surface area contributed by atoms with Crippen LogP contribution in [0.5, 0.6) is 0 Å². The SMILES string of the molecule is CCC(C)C(NC(=O)C(N)C(C)C)C(=O)NC(CS)C(=O)NC(Cc1ccccc1)C(=O)O. The summed E-state index contributed by atoms with van der Waals surface area (Å²) in [5.41, 5.74) is 6.64. The molecule has 0 aliphatic rings. The molecule has 33 heavy (non-hydrogen) atoms. The largest absolute Gasteiger partial charge is 0.480 e. The molecule has 0 saturated carbocycles. The molecule has 5 unspecified atom stereocenters. The van der Waals surface area contributed by atoms with Crippen LogP contribution in [0.1, 0.15) is 39.7 Å². The molecule has 6 N–H and O–H groups in total. The maximum atomic E-state index is 13.0. The molecular weight excluding hydrogens is 444 g/mol. The van der Waals surface area contributed by atoms with Crippen molar-refractivity contribution < 1.29 is 24.3 Å². The Morgan fingerprint density at radius 2 is 1.52 bits per heavy atom. The molecule has 1 aromatic carbocycles. The fourth-order valence-corrected chi connectivity index (χ4v) is 3.29. The van der Waals surface area contributed by atoms with E-state index in [-0.39, 0.29) is 24.0 Å². The number of amides is 3. The second-order valence-electron chi connectivity index (χ2n) is 8.47. The molecule has 0 fully saturated rings. The lowest BCUT2D eigenvalue weighted by atomic mass is 9.96. The van der Waals surface area contributed by atoms with Crippen LogP contribution in [0.25, 0.3) is 0 Å². The van der Waals surface area contributed by atoms with E-state index in [1.165, 1.54) is 0 Å². The minimum Gasteiger partial charge on any atom is -0.480 e. The molecule has 0 aliphatic heterocycles. The summed E-state index contributed by atoms with van der Waals surface area (Å²) in [5, 5.41) is 17.3. The molecule has 0 spiro atoms. The predicted molar refractivity (Wildman–Crippen MR) is 130 cm³/mol. The van der Waals surface area contributed by atoms with Gasteiger partial charge in [-0.05, 0) is 17.4 Å². The lowest BCUT2D eigenvalue weighted by Crippen LogP contribution is -2.59. The van der Waals surface area contributed by atoms with Gasteiger partial charge in [0.05, 0.1) is 6.04 Å². The van der Waals surface area contributed by atoms with Crippen molar-refractivity contribution in [1.29, 1.82) is 0 Å². The van der Waals surface area contributed by atoms with Crippen molar-refractivity contribution in [3.63, 3.8) is 0 Å². The van der Waals surface area contributed by atoms with E-state index >= 15 is 0 Å². The third kappa shape index (κ3) is 9.05. The number of rotatable bonds is 13. The quantitative estimate of drug-likeness (QED) is 0.229. The minimum absolute atomic E-state index is 0.0536. The molecule has 0 aromatic heterocycles. The number of hydrogen-bond donors (Lipinski definition) is 6. The number of aliphatic carboxylic acids is 1. The van der Waals surface area contributed by atoms with E-state index in [0.29, 0.717) is 6.42 Å². The molecule has 0 heterocycles. The summed E-state index contributed by atoms with van der Waals surface area (Å²) in [5.74, 6) is -3.26. The lowest BCUT2D eigenvalue weighted by molar-refractivity contribution is -0.142. The zero-order valence-corrected chi connectivity index (χ0v) is 20.5. The minimum atomic E-state index is -1.19. The van der Waals surface area contributed by atoms with Gasteiger partial charge in [-0.1, -0.05) is 64.4 Å². The highest BCUT2D eigenvalue weighted by atomic mass is 32.1. The molecule has 0 radical (unpaired) electrons. The Balaban J connectivity index is 2.90. The summed E-state index contributed by atoms with van der Waals surface area (Å²) in [6.45, 7) is 7.29. The van der Waals surface area contributed by atoms with Crippen LogP contribution >= 0.6 is 12.6 Å². The van der Waals surface area contributed by atoms with Crippen molar-refractivity contribution in [3.8, 4) is 0 Å². The highest BCUT2D eigenvalue weighted by molar-refractivity contribution is 7.80. The Hall–Kier alpha value is -2.59. The summed E-state index contributed by atoms with van der Waals surface area (Å²) < 4.78 is 0. The van der Waals surface area contributed by atoms with E-state index in [1.807, 2.05) is 19.9 Å². The lowest BCUT2D eigenvalue weighted by Gasteiger charge is -2.28. The van der Waals surface area contributed by atoms with Gasteiger partial charge in [-0.2, -0.15) is 12.6 Å². The Labute approximate surface area is 200 Å². The monoisotopic (exact) mass is 480 g/mol. The number of nitrogens with one attached hydrogen (secondary N) is 3. The van der Waals surface area contributed by atoms with Gasteiger partial charge < -0.3 is 26.8 Å². The first-order valence-electron chi connectivity index (χ1n) is 11.1. The van der Waals surface area contributed by atoms with Crippen molar-refractivity contribution in [2.75, 3.05) is 5.75 Å². The molecule has 9 nitrogen and oxygen atoms in total. The highest BCUT2D eigenvalue weighted by Crippen LogP contribution is 2.10. The Kier molecular flexibility index (Phi) is 11.9. The second-order valence-corrected chi connectivity index (χ2v) is 8.84. The standard InChI is InChI=1S/C23H36N4O5S/c1-5-14(4)19(27-21(29)18(24)13(2)3)22(30)26-17(12-33)20(28)25-16(23(31)32)11-15-9-7-6-8-10-15/h6-10,13-14,16-19,33H,5,11-12,24H2,1-4H3,(H,25,28)(H,26,30)(H,27,29)(H,31,32). The maximum absolute atomic E-state index is 13.0. The fraction of sp³-hybridized carbons (Fsp3) is 0.565. The summed E-state index contributed by atoms with van der Waals surface area (Å²) in [4.78, 5) is 49.8. The van der Waals surface area contributed by atoms with Gasteiger partial charge in [0, 0.05) is 12.2 Å². The van der Waals surface area contributed by atoms with Gasteiger partial charge in [-0.3, -0.25) is 14.4 Å². The van der Waals surface area contributed by atoms with Crippen molar-refractivity contribution in [3.05, 3.63) is 35.9 Å². The van der Waals surface area contributed by atoms with E-state index in [4.69, 9.17) is 5.73 Å². The van der Waals surface area contributed by atoms with Crippen molar-refractivity contribution in [1.82, 2.24) is 16.0 Å². The molecule has 1 aromatic rings. The van der Waals surface area contributed by atoms with Crippen LogP contribution in [0.2, 0.25) is 0 Å². The summed E-state index contributed by atoms with van der Waals surface area (Å²) in [6, 6.07) is 4.97. The van der Waals surface area contributed by atoms with Crippen LogP contribution in [-0.4, -0.2) is 58.7 Å². The van der Waals surface area contributed by atoms with E-state index in [2.05, 4.69) is 28.6 Å². The van der Waals surface area contributed by atoms with Crippen molar-refractivity contribution >= 4 is 36.3 Å². The molecule has 0 aliphatic carbocycles. The molecule has 0 saturated heterocycles. The van der Waals surface area contributed by atoms with Crippen molar-refractivity contribution in [2.24, 2.45) is 17.6 Å². The molecule has 0 bridgehead atoms. The van der Waals surface area contributed by atoms with Crippen LogP contribution in [0.15, 0.2) is 30.3 Å². The molecule has 184 valence electrons. The molecule has 5 atom stereocenters. The summed E-state index contributed by atoms with van der Waals surface area (Å²) in [6.07, 6.45) is 0.693. The van der Waals surface area contributed by atoms with Crippen LogP contribution in [0, 0.1) is 11.8 Å². The van der Waals surface area contributed by atoms with Gasteiger partial charge >= 0.3 is 5.97 Å². The van der Waals surface area contributed by atoms with E-state index < -0.39 is 47.9 Å². The number of benzene rings is 1. The highest BCUT2D eigenvalue weighted by Gasteiger charge is 2.32.